The van der Waals surface area contributed by atoms with Crippen LogP contribution in [0.1, 0.15) is 13.3 Å². The first kappa shape index (κ1) is 15.8. The Morgan fingerprint density at radius 1 is 1.52 bits per heavy atom. The number of nitrogens with one attached hydrogen (secondary N) is 2. The van der Waals surface area contributed by atoms with Crippen LogP contribution in [-0.4, -0.2) is 57.8 Å². The zero-order valence-corrected chi connectivity index (χ0v) is 13.6. The van der Waals surface area contributed by atoms with E-state index in [0.29, 0.717) is 35.3 Å². The molecule has 0 aliphatic carbocycles. The summed E-state index contributed by atoms with van der Waals surface area (Å²) in [6.45, 7) is 2.06. The topological polar surface area (TPSA) is 74.6 Å². The minimum Gasteiger partial charge on any atom is -0.371 e. The Morgan fingerprint density at radius 2 is 2.30 bits per heavy atom. The molecule has 2 N–H and O–H groups in total. The molecule has 7 nitrogen and oxygen atoms in total. The van der Waals surface area contributed by atoms with Crippen molar-refractivity contribution in [2.45, 2.75) is 25.6 Å². The van der Waals surface area contributed by atoms with Crippen molar-refractivity contribution < 1.29 is 9.18 Å². The van der Waals surface area contributed by atoms with Crippen molar-refractivity contribution in [3.8, 4) is 0 Å². The van der Waals surface area contributed by atoms with Crippen LogP contribution in [0.15, 0.2) is 12.3 Å². The number of hydrogen-bond donors (Lipinski definition) is 2. The second-order valence-electron chi connectivity index (χ2n) is 5.51. The monoisotopic (exact) mass is 340 g/mol. The Morgan fingerprint density at radius 3 is 2.96 bits per heavy atom. The number of alkyl halides is 1. The summed E-state index contributed by atoms with van der Waals surface area (Å²) in [6.07, 6.45) is 1.05. The Bertz CT molecular complexity index is 735. The number of fused-ring (bicyclic) bond motifs is 1. The molecule has 0 saturated carbocycles. The molecule has 0 radical (unpaired) electrons. The van der Waals surface area contributed by atoms with E-state index < -0.39 is 12.2 Å². The number of anilines is 2. The van der Waals surface area contributed by atoms with Crippen LogP contribution in [0, 0.1) is 0 Å². The predicted octanol–water partition coefficient (Wildman–Crippen LogP) is 1.80. The number of hydrogen-bond acceptors (Lipinski definition) is 5. The number of amides is 1. The molecule has 3 heterocycles. The summed E-state index contributed by atoms with van der Waals surface area (Å²) in [5.41, 5.74) is 0.669. The average molecular weight is 341 g/mol. The summed E-state index contributed by atoms with van der Waals surface area (Å²) in [4.78, 5) is 17.2. The van der Waals surface area contributed by atoms with E-state index in [1.165, 1.54) is 11.8 Å². The zero-order valence-electron chi connectivity index (χ0n) is 12.9. The first-order valence-corrected chi connectivity index (χ1v) is 7.76. The number of rotatable bonds is 3. The van der Waals surface area contributed by atoms with Gasteiger partial charge < -0.3 is 15.5 Å². The lowest BCUT2D eigenvalue weighted by molar-refractivity contribution is -0.131. The standard InChI is InChI=1S/C14H18ClFN6O/c1-8(23)21-5-4-11(10(16)7-21)18-14-19-13(17-2)12-9(15)3-6-22(12)20-14/h3,6,10-11H,4-5,7H2,1-2H3,(H2,17,18,19,20)/t10-,11+/m1/s1. The molecule has 2 aromatic rings. The normalized spacial score (nSPS) is 21.5. The second kappa shape index (κ2) is 6.19. The average Bonchev–Trinajstić information content (AvgIpc) is 2.90. The largest absolute Gasteiger partial charge is 0.371 e. The van der Waals surface area contributed by atoms with Gasteiger partial charge in [0, 0.05) is 26.7 Å². The van der Waals surface area contributed by atoms with Gasteiger partial charge in [0.25, 0.3) is 0 Å². The lowest BCUT2D eigenvalue weighted by Crippen LogP contribution is -2.49. The fraction of sp³-hybridized carbons (Fsp3) is 0.500. The smallest absolute Gasteiger partial charge is 0.243 e. The van der Waals surface area contributed by atoms with Gasteiger partial charge in [0.05, 0.1) is 17.6 Å². The van der Waals surface area contributed by atoms with Gasteiger partial charge in [-0.05, 0) is 12.5 Å². The van der Waals surface area contributed by atoms with Crippen molar-refractivity contribution in [3.05, 3.63) is 17.3 Å². The summed E-state index contributed by atoms with van der Waals surface area (Å²) < 4.78 is 15.9. The van der Waals surface area contributed by atoms with Crippen LogP contribution < -0.4 is 10.6 Å². The van der Waals surface area contributed by atoms with Gasteiger partial charge in [0.15, 0.2) is 5.82 Å². The second-order valence-corrected chi connectivity index (χ2v) is 5.92. The van der Waals surface area contributed by atoms with E-state index in [0.717, 1.165) is 0 Å². The molecule has 9 heteroatoms. The van der Waals surface area contributed by atoms with Crippen LogP contribution >= 0.6 is 11.6 Å². The minimum absolute atomic E-state index is 0.0868. The third kappa shape index (κ3) is 3.03. The molecule has 1 aliphatic rings. The maximum atomic E-state index is 14.3. The first-order valence-electron chi connectivity index (χ1n) is 7.38. The van der Waals surface area contributed by atoms with Gasteiger partial charge in [-0.3, -0.25) is 4.79 Å². The zero-order chi connectivity index (χ0) is 16.6. The quantitative estimate of drug-likeness (QED) is 0.891. The molecule has 124 valence electrons. The number of piperidine rings is 1. The van der Waals surface area contributed by atoms with E-state index in [-0.39, 0.29) is 12.5 Å². The summed E-state index contributed by atoms with van der Waals surface area (Å²) in [5.74, 6) is 0.773. The number of nitrogens with zero attached hydrogens (tertiary/aromatic N) is 4. The first-order chi connectivity index (χ1) is 11.0. The number of halogens is 2. The van der Waals surface area contributed by atoms with E-state index >= 15 is 0 Å². The molecule has 0 bridgehead atoms. The summed E-state index contributed by atoms with van der Waals surface area (Å²) in [5, 5.41) is 10.8. The Balaban J connectivity index is 1.80. The molecule has 3 rings (SSSR count). The molecule has 2 aromatic heterocycles. The van der Waals surface area contributed by atoms with Crippen LogP contribution in [-0.2, 0) is 4.79 Å². The Hall–Kier alpha value is -2.09. The van der Waals surface area contributed by atoms with Crippen molar-refractivity contribution in [1.82, 2.24) is 19.5 Å². The van der Waals surface area contributed by atoms with Gasteiger partial charge in [-0.1, -0.05) is 11.6 Å². The van der Waals surface area contributed by atoms with Crippen molar-refractivity contribution in [3.63, 3.8) is 0 Å². The Kier molecular flexibility index (Phi) is 4.25. The summed E-state index contributed by atoms with van der Waals surface area (Å²) in [6, 6.07) is 1.29. The molecular weight excluding hydrogens is 323 g/mol. The highest BCUT2D eigenvalue weighted by atomic mass is 35.5. The predicted molar refractivity (Wildman–Crippen MR) is 86.7 cm³/mol. The summed E-state index contributed by atoms with van der Waals surface area (Å²) >= 11 is 6.11. The molecule has 0 unspecified atom stereocenters. The van der Waals surface area contributed by atoms with Crippen molar-refractivity contribution in [1.29, 1.82) is 0 Å². The van der Waals surface area contributed by atoms with Crippen molar-refractivity contribution >= 4 is 34.8 Å². The van der Waals surface area contributed by atoms with Crippen molar-refractivity contribution in [2.75, 3.05) is 30.8 Å². The van der Waals surface area contributed by atoms with E-state index in [4.69, 9.17) is 11.6 Å². The van der Waals surface area contributed by atoms with Crippen LogP contribution in [0.3, 0.4) is 0 Å². The molecule has 1 fully saturated rings. The third-order valence-electron chi connectivity index (χ3n) is 4.00. The van der Waals surface area contributed by atoms with Gasteiger partial charge in [-0.15, -0.1) is 5.10 Å². The van der Waals surface area contributed by atoms with Crippen molar-refractivity contribution in [2.24, 2.45) is 0 Å². The van der Waals surface area contributed by atoms with Gasteiger partial charge >= 0.3 is 0 Å². The number of aromatic nitrogens is 3. The lowest BCUT2D eigenvalue weighted by Gasteiger charge is -2.34. The SMILES string of the molecule is CNc1nc(N[C@H]2CCN(C(C)=O)C[C@H]2F)nn2ccc(Cl)c12. The van der Waals surface area contributed by atoms with E-state index in [9.17, 15) is 9.18 Å². The molecule has 1 aliphatic heterocycles. The minimum atomic E-state index is -1.17. The van der Waals surface area contributed by atoms with E-state index in [1.54, 1.807) is 23.8 Å². The molecule has 0 spiro atoms. The third-order valence-corrected chi connectivity index (χ3v) is 4.30. The highest BCUT2D eigenvalue weighted by Crippen LogP contribution is 2.25. The maximum Gasteiger partial charge on any atom is 0.243 e. The maximum absolute atomic E-state index is 14.3. The van der Waals surface area contributed by atoms with E-state index in [1.807, 2.05) is 0 Å². The van der Waals surface area contributed by atoms with Crippen LogP contribution in [0.2, 0.25) is 5.02 Å². The van der Waals surface area contributed by atoms with E-state index in [2.05, 4.69) is 20.7 Å². The Labute approximate surface area is 137 Å². The van der Waals surface area contributed by atoms with Gasteiger partial charge in [0.1, 0.15) is 11.7 Å². The molecule has 1 saturated heterocycles. The van der Waals surface area contributed by atoms with Gasteiger partial charge in [0.2, 0.25) is 11.9 Å². The fourth-order valence-electron chi connectivity index (χ4n) is 2.74. The van der Waals surface area contributed by atoms with Crippen LogP contribution in [0.4, 0.5) is 16.2 Å². The summed E-state index contributed by atoms with van der Waals surface area (Å²) in [7, 11) is 1.73. The fourth-order valence-corrected chi connectivity index (χ4v) is 2.97. The highest BCUT2D eigenvalue weighted by Gasteiger charge is 2.31. The molecule has 0 aromatic carbocycles. The number of carbonyl (C=O) groups excluding carboxylic acids is 1. The molecule has 1 amide bonds. The molecular formula is C14H18ClFN6O. The number of likely N-dealkylation sites (tertiary alicyclic amines) is 1. The molecule has 23 heavy (non-hydrogen) atoms. The lowest BCUT2D eigenvalue weighted by atomic mass is 10.0. The molecule has 2 atom stereocenters. The van der Waals surface area contributed by atoms with Crippen LogP contribution in [0.5, 0.6) is 0 Å². The highest BCUT2D eigenvalue weighted by molar-refractivity contribution is 6.34. The van der Waals surface area contributed by atoms with Crippen LogP contribution in [0.25, 0.3) is 5.52 Å². The van der Waals surface area contributed by atoms with Gasteiger partial charge in [-0.2, -0.15) is 4.98 Å². The number of carbonyl (C=O) groups is 1. The van der Waals surface area contributed by atoms with Gasteiger partial charge in [-0.25, -0.2) is 8.91 Å².